The minimum atomic E-state index is -1.43. The van der Waals surface area contributed by atoms with Gasteiger partial charge < -0.3 is 5.32 Å². The van der Waals surface area contributed by atoms with E-state index in [-0.39, 0.29) is 12.6 Å². The van der Waals surface area contributed by atoms with Gasteiger partial charge in [0.05, 0.1) is 0 Å². The molecule has 0 saturated heterocycles. The van der Waals surface area contributed by atoms with E-state index in [2.05, 4.69) is 5.32 Å². The molecule has 0 aliphatic rings. The van der Waals surface area contributed by atoms with Gasteiger partial charge in [-0.15, -0.1) is 0 Å². The zero-order chi connectivity index (χ0) is 14.5. The highest BCUT2D eigenvalue weighted by atomic mass is 19.2. The van der Waals surface area contributed by atoms with Crippen molar-refractivity contribution in [1.29, 1.82) is 0 Å². The number of halogens is 3. The minimum absolute atomic E-state index is 0.0902. The first-order valence-electron chi connectivity index (χ1n) is 6.53. The average Bonchev–Trinajstić information content (AvgIpc) is 2.46. The molecule has 0 spiro atoms. The maximum atomic E-state index is 13.1. The standard InChI is InChI=1S/C16H16F3N/c1-2-15(12-6-4-3-5-7-12)20-10-11-8-13(17)16(19)14(18)9-11/h3-9,15,20H,2,10H2,1H3. The molecule has 0 saturated carbocycles. The summed E-state index contributed by atoms with van der Waals surface area (Å²) in [6.45, 7) is 2.30. The Morgan fingerprint density at radius 1 is 1.00 bits per heavy atom. The van der Waals surface area contributed by atoms with E-state index in [9.17, 15) is 13.2 Å². The minimum Gasteiger partial charge on any atom is -0.306 e. The van der Waals surface area contributed by atoms with Crippen molar-refractivity contribution < 1.29 is 13.2 Å². The lowest BCUT2D eigenvalue weighted by Gasteiger charge is -2.17. The molecule has 0 aliphatic carbocycles. The first-order chi connectivity index (χ1) is 9.61. The maximum Gasteiger partial charge on any atom is 0.194 e. The summed E-state index contributed by atoms with van der Waals surface area (Å²) in [7, 11) is 0. The molecule has 0 amide bonds. The van der Waals surface area contributed by atoms with E-state index in [1.807, 2.05) is 37.3 Å². The molecule has 0 aliphatic heterocycles. The van der Waals surface area contributed by atoms with Crippen LogP contribution in [0.1, 0.15) is 30.5 Å². The Labute approximate surface area is 116 Å². The van der Waals surface area contributed by atoms with Gasteiger partial charge in [0, 0.05) is 12.6 Å². The second kappa shape index (κ2) is 6.57. The van der Waals surface area contributed by atoms with E-state index in [0.29, 0.717) is 5.56 Å². The Kier molecular flexibility index (Phi) is 4.79. The van der Waals surface area contributed by atoms with E-state index in [4.69, 9.17) is 0 Å². The van der Waals surface area contributed by atoms with Crippen LogP contribution in [0.3, 0.4) is 0 Å². The van der Waals surface area contributed by atoms with E-state index in [0.717, 1.165) is 24.1 Å². The molecule has 1 atom stereocenters. The fourth-order valence-corrected chi connectivity index (χ4v) is 2.13. The molecule has 0 heterocycles. The Morgan fingerprint density at radius 2 is 1.60 bits per heavy atom. The Morgan fingerprint density at radius 3 is 2.15 bits per heavy atom. The first-order valence-corrected chi connectivity index (χ1v) is 6.53. The van der Waals surface area contributed by atoms with Crippen molar-refractivity contribution >= 4 is 0 Å². The van der Waals surface area contributed by atoms with Crippen molar-refractivity contribution in [3.8, 4) is 0 Å². The lowest BCUT2D eigenvalue weighted by molar-refractivity contribution is 0.442. The van der Waals surface area contributed by atoms with Crippen LogP contribution in [0.25, 0.3) is 0 Å². The van der Waals surface area contributed by atoms with Crippen molar-refractivity contribution in [2.24, 2.45) is 0 Å². The summed E-state index contributed by atoms with van der Waals surface area (Å²) >= 11 is 0. The van der Waals surface area contributed by atoms with Gasteiger partial charge in [-0.2, -0.15) is 0 Å². The molecule has 2 rings (SSSR count). The van der Waals surface area contributed by atoms with Gasteiger partial charge in [0.25, 0.3) is 0 Å². The van der Waals surface area contributed by atoms with E-state index in [1.54, 1.807) is 0 Å². The van der Waals surface area contributed by atoms with Crippen LogP contribution in [-0.4, -0.2) is 0 Å². The monoisotopic (exact) mass is 279 g/mol. The van der Waals surface area contributed by atoms with E-state index >= 15 is 0 Å². The quantitative estimate of drug-likeness (QED) is 0.803. The van der Waals surface area contributed by atoms with Crippen molar-refractivity contribution in [1.82, 2.24) is 5.32 Å². The number of hydrogen-bond donors (Lipinski definition) is 1. The van der Waals surface area contributed by atoms with Crippen molar-refractivity contribution in [3.63, 3.8) is 0 Å². The molecule has 1 unspecified atom stereocenters. The highest BCUT2D eigenvalue weighted by molar-refractivity contribution is 5.21. The molecule has 2 aromatic rings. The summed E-state index contributed by atoms with van der Waals surface area (Å²) in [6.07, 6.45) is 0.843. The van der Waals surface area contributed by atoms with E-state index in [1.165, 1.54) is 0 Å². The smallest absolute Gasteiger partial charge is 0.194 e. The van der Waals surface area contributed by atoms with E-state index < -0.39 is 17.5 Å². The van der Waals surface area contributed by atoms with Crippen LogP contribution in [0, 0.1) is 17.5 Å². The summed E-state index contributed by atoms with van der Waals surface area (Å²) in [6, 6.07) is 11.9. The highest BCUT2D eigenvalue weighted by Crippen LogP contribution is 2.18. The molecule has 0 radical (unpaired) electrons. The highest BCUT2D eigenvalue weighted by Gasteiger charge is 2.12. The lowest BCUT2D eigenvalue weighted by Crippen LogP contribution is -2.20. The fraction of sp³-hybridized carbons (Fsp3) is 0.250. The number of nitrogens with one attached hydrogen (secondary N) is 1. The topological polar surface area (TPSA) is 12.0 Å². The summed E-state index contributed by atoms with van der Waals surface area (Å²) in [4.78, 5) is 0. The summed E-state index contributed by atoms with van der Waals surface area (Å²) in [5, 5.41) is 3.22. The zero-order valence-corrected chi connectivity index (χ0v) is 11.2. The van der Waals surface area contributed by atoms with Crippen molar-refractivity contribution in [3.05, 3.63) is 71.0 Å². The van der Waals surface area contributed by atoms with Gasteiger partial charge in [0.15, 0.2) is 17.5 Å². The summed E-state index contributed by atoms with van der Waals surface area (Å²) in [5.74, 6) is -3.74. The summed E-state index contributed by atoms with van der Waals surface area (Å²) < 4.78 is 39.1. The Hall–Kier alpha value is -1.81. The fourth-order valence-electron chi connectivity index (χ4n) is 2.13. The van der Waals surface area contributed by atoms with Crippen LogP contribution < -0.4 is 5.32 Å². The van der Waals surface area contributed by atoms with Crippen LogP contribution in [0.4, 0.5) is 13.2 Å². The van der Waals surface area contributed by atoms with Gasteiger partial charge in [-0.25, -0.2) is 13.2 Å². The molecule has 106 valence electrons. The van der Waals surface area contributed by atoms with Gasteiger partial charge in [-0.05, 0) is 29.7 Å². The number of hydrogen-bond acceptors (Lipinski definition) is 1. The third-order valence-corrected chi connectivity index (χ3v) is 3.21. The average molecular weight is 279 g/mol. The molecular weight excluding hydrogens is 263 g/mol. The predicted molar refractivity (Wildman–Crippen MR) is 72.6 cm³/mol. The van der Waals surface area contributed by atoms with Gasteiger partial charge in [0.1, 0.15) is 0 Å². The molecule has 0 bridgehead atoms. The molecular formula is C16H16F3N. The molecule has 1 nitrogen and oxygen atoms in total. The van der Waals surface area contributed by atoms with Gasteiger partial charge in [-0.1, -0.05) is 37.3 Å². The second-order valence-corrected chi connectivity index (χ2v) is 4.63. The van der Waals surface area contributed by atoms with Gasteiger partial charge in [0.2, 0.25) is 0 Å². The van der Waals surface area contributed by atoms with Gasteiger partial charge >= 0.3 is 0 Å². The SMILES string of the molecule is CCC(NCc1cc(F)c(F)c(F)c1)c1ccccc1. The normalized spacial score (nSPS) is 12.4. The zero-order valence-electron chi connectivity index (χ0n) is 11.2. The molecule has 0 aromatic heterocycles. The third-order valence-electron chi connectivity index (χ3n) is 3.21. The Bertz CT molecular complexity index is 546. The first kappa shape index (κ1) is 14.6. The van der Waals surface area contributed by atoms with Crippen LogP contribution in [0.2, 0.25) is 0 Å². The van der Waals surface area contributed by atoms with Crippen molar-refractivity contribution in [2.45, 2.75) is 25.9 Å². The maximum absolute atomic E-state index is 13.1. The number of benzene rings is 2. The number of rotatable bonds is 5. The lowest BCUT2D eigenvalue weighted by atomic mass is 10.0. The predicted octanol–water partition coefficient (Wildman–Crippen LogP) is 4.34. The van der Waals surface area contributed by atoms with Crippen LogP contribution in [0.15, 0.2) is 42.5 Å². The molecule has 4 heteroatoms. The van der Waals surface area contributed by atoms with Crippen LogP contribution in [-0.2, 0) is 6.54 Å². The molecule has 20 heavy (non-hydrogen) atoms. The molecule has 0 fully saturated rings. The molecule has 2 aromatic carbocycles. The Balaban J connectivity index is 2.07. The third kappa shape index (κ3) is 3.39. The van der Waals surface area contributed by atoms with Crippen LogP contribution >= 0.6 is 0 Å². The molecule has 1 N–H and O–H groups in total. The summed E-state index contributed by atoms with van der Waals surface area (Å²) in [5.41, 5.74) is 1.49. The van der Waals surface area contributed by atoms with Crippen molar-refractivity contribution in [2.75, 3.05) is 0 Å². The largest absolute Gasteiger partial charge is 0.306 e. The van der Waals surface area contributed by atoms with Crippen LogP contribution in [0.5, 0.6) is 0 Å². The van der Waals surface area contributed by atoms with Gasteiger partial charge in [-0.3, -0.25) is 0 Å². The second-order valence-electron chi connectivity index (χ2n) is 4.63.